The van der Waals surface area contributed by atoms with Crippen molar-refractivity contribution in [2.75, 3.05) is 12.4 Å². The number of carbonyl (C=O) groups excluding carboxylic acids is 1. The Balaban J connectivity index is 3.13. The molecular formula is C9H13N3O. The number of benzene rings is 1. The molecule has 4 heteroatoms. The van der Waals surface area contributed by atoms with E-state index in [0.717, 1.165) is 11.3 Å². The molecule has 70 valence electrons. The zero-order valence-corrected chi connectivity index (χ0v) is 7.50. The van der Waals surface area contributed by atoms with Crippen LogP contribution in [0.4, 0.5) is 5.69 Å². The summed E-state index contributed by atoms with van der Waals surface area (Å²) in [5.74, 6) is -0.433. The molecule has 1 aromatic rings. The molecule has 13 heavy (non-hydrogen) atoms. The quantitative estimate of drug-likeness (QED) is 0.623. The van der Waals surface area contributed by atoms with Gasteiger partial charge in [0.15, 0.2) is 0 Å². The third kappa shape index (κ3) is 1.97. The molecule has 0 aliphatic carbocycles. The van der Waals surface area contributed by atoms with E-state index in [9.17, 15) is 4.79 Å². The third-order valence-electron chi connectivity index (χ3n) is 1.88. The van der Waals surface area contributed by atoms with Gasteiger partial charge in [-0.1, -0.05) is 0 Å². The van der Waals surface area contributed by atoms with E-state index in [4.69, 9.17) is 11.5 Å². The van der Waals surface area contributed by atoms with Crippen LogP contribution < -0.4 is 16.8 Å². The van der Waals surface area contributed by atoms with Crippen molar-refractivity contribution in [3.05, 3.63) is 29.3 Å². The maximum atomic E-state index is 10.8. The molecule has 0 fully saturated rings. The van der Waals surface area contributed by atoms with E-state index in [1.165, 1.54) is 0 Å². The van der Waals surface area contributed by atoms with Gasteiger partial charge in [-0.2, -0.15) is 0 Å². The Bertz CT molecular complexity index is 323. The van der Waals surface area contributed by atoms with Gasteiger partial charge >= 0.3 is 0 Å². The van der Waals surface area contributed by atoms with E-state index in [0.29, 0.717) is 12.1 Å². The molecule has 1 aromatic carbocycles. The van der Waals surface area contributed by atoms with E-state index >= 15 is 0 Å². The topological polar surface area (TPSA) is 81.1 Å². The average molecular weight is 179 g/mol. The number of primary amides is 1. The molecule has 0 unspecified atom stereocenters. The minimum Gasteiger partial charge on any atom is -0.388 e. The van der Waals surface area contributed by atoms with E-state index in [2.05, 4.69) is 5.32 Å². The zero-order valence-electron chi connectivity index (χ0n) is 7.50. The predicted molar refractivity (Wildman–Crippen MR) is 52.4 cm³/mol. The monoisotopic (exact) mass is 179 g/mol. The highest BCUT2D eigenvalue weighted by molar-refractivity contribution is 5.93. The summed E-state index contributed by atoms with van der Waals surface area (Å²) < 4.78 is 0. The van der Waals surface area contributed by atoms with E-state index in [1.54, 1.807) is 25.2 Å². The summed E-state index contributed by atoms with van der Waals surface area (Å²) >= 11 is 0. The van der Waals surface area contributed by atoms with Crippen LogP contribution >= 0.6 is 0 Å². The second-order valence-electron chi connectivity index (χ2n) is 2.69. The van der Waals surface area contributed by atoms with Crippen LogP contribution in [0.15, 0.2) is 18.2 Å². The lowest BCUT2D eigenvalue weighted by Crippen LogP contribution is -2.12. The molecule has 5 N–H and O–H groups in total. The average Bonchev–Trinajstić information content (AvgIpc) is 2.16. The summed E-state index contributed by atoms with van der Waals surface area (Å²) in [7, 11) is 1.80. The van der Waals surface area contributed by atoms with Crippen LogP contribution in [0.3, 0.4) is 0 Å². The van der Waals surface area contributed by atoms with Crippen molar-refractivity contribution >= 4 is 11.6 Å². The molecule has 1 rings (SSSR count). The minimum atomic E-state index is -0.433. The first kappa shape index (κ1) is 9.54. The normalized spacial score (nSPS) is 9.69. The van der Waals surface area contributed by atoms with Crippen molar-refractivity contribution in [1.29, 1.82) is 0 Å². The van der Waals surface area contributed by atoms with Gasteiger partial charge in [0.1, 0.15) is 0 Å². The molecule has 0 heterocycles. The molecule has 0 aliphatic heterocycles. The third-order valence-corrected chi connectivity index (χ3v) is 1.88. The largest absolute Gasteiger partial charge is 0.388 e. The second-order valence-corrected chi connectivity index (χ2v) is 2.69. The molecule has 0 bridgehead atoms. The highest BCUT2D eigenvalue weighted by atomic mass is 16.1. The van der Waals surface area contributed by atoms with Crippen molar-refractivity contribution < 1.29 is 4.79 Å². The fourth-order valence-electron chi connectivity index (χ4n) is 1.16. The number of anilines is 1. The summed E-state index contributed by atoms with van der Waals surface area (Å²) in [5, 5.41) is 2.98. The molecule has 0 aromatic heterocycles. The molecule has 0 spiro atoms. The molecule has 0 saturated carbocycles. The van der Waals surface area contributed by atoms with Gasteiger partial charge in [-0.25, -0.2) is 0 Å². The lowest BCUT2D eigenvalue weighted by molar-refractivity contribution is 0.1000. The summed E-state index contributed by atoms with van der Waals surface area (Å²) in [6.45, 7) is 0.386. The minimum absolute atomic E-state index is 0.386. The van der Waals surface area contributed by atoms with Crippen LogP contribution in [0, 0.1) is 0 Å². The van der Waals surface area contributed by atoms with Crippen molar-refractivity contribution in [1.82, 2.24) is 0 Å². The predicted octanol–water partition coefficient (Wildman–Crippen LogP) is 0.286. The lowest BCUT2D eigenvalue weighted by Gasteiger charge is -2.07. The van der Waals surface area contributed by atoms with Gasteiger partial charge in [0, 0.05) is 24.8 Å². The van der Waals surface area contributed by atoms with Crippen molar-refractivity contribution in [2.24, 2.45) is 11.5 Å². The maximum absolute atomic E-state index is 10.8. The lowest BCUT2D eigenvalue weighted by atomic mass is 10.1. The number of amides is 1. The Morgan fingerprint density at radius 2 is 2.23 bits per heavy atom. The first-order valence-corrected chi connectivity index (χ1v) is 3.99. The van der Waals surface area contributed by atoms with Gasteiger partial charge in [-0.15, -0.1) is 0 Å². The number of nitrogens with one attached hydrogen (secondary N) is 1. The highest BCUT2D eigenvalue weighted by Gasteiger charge is 2.04. The molecule has 1 amide bonds. The maximum Gasteiger partial charge on any atom is 0.248 e. The van der Waals surface area contributed by atoms with Crippen LogP contribution in [0.2, 0.25) is 0 Å². The van der Waals surface area contributed by atoms with Crippen LogP contribution in [-0.4, -0.2) is 13.0 Å². The Kier molecular flexibility index (Phi) is 2.87. The number of nitrogens with two attached hydrogens (primary N) is 2. The molecule has 0 radical (unpaired) electrons. The number of hydrogen-bond donors (Lipinski definition) is 3. The van der Waals surface area contributed by atoms with Gasteiger partial charge in [0.05, 0.1) is 0 Å². The first-order chi connectivity index (χ1) is 6.19. The Hall–Kier alpha value is -1.55. The molecule has 0 aliphatic rings. The summed E-state index contributed by atoms with van der Waals surface area (Å²) in [6.07, 6.45) is 0. The summed E-state index contributed by atoms with van der Waals surface area (Å²) in [6, 6.07) is 5.17. The molecular weight excluding hydrogens is 166 g/mol. The van der Waals surface area contributed by atoms with Gasteiger partial charge in [-0.3, -0.25) is 4.79 Å². The first-order valence-electron chi connectivity index (χ1n) is 3.99. The van der Waals surface area contributed by atoms with Crippen LogP contribution in [-0.2, 0) is 6.54 Å². The van der Waals surface area contributed by atoms with E-state index in [1.807, 2.05) is 0 Å². The number of hydrogen-bond acceptors (Lipinski definition) is 3. The zero-order chi connectivity index (χ0) is 9.84. The molecule has 0 saturated heterocycles. The summed E-state index contributed by atoms with van der Waals surface area (Å²) in [5.41, 5.74) is 12.9. The van der Waals surface area contributed by atoms with Crippen molar-refractivity contribution in [3.8, 4) is 0 Å². The Labute approximate surface area is 76.9 Å². The van der Waals surface area contributed by atoms with E-state index in [-0.39, 0.29) is 0 Å². The van der Waals surface area contributed by atoms with Crippen LogP contribution in [0.1, 0.15) is 15.9 Å². The van der Waals surface area contributed by atoms with Crippen LogP contribution in [0.25, 0.3) is 0 Å². The Morgan fingerprint density at radius 3 is 2.69 bits per heavy atom. The molecule has 0 atom stereocenters. The van der Waals surface area contributed by atoms with Gasteiger partial charge in [0.25, 0.3) is 0 Å². The number of carbonyl (C=O) groups is 1. The fourth-order valence-corrected chi connectivity index (χ4v) is 1.16. The molecule has 4 nitrogen and oxygen atoms in total. The number of rotatable bonds is 3. The van der Waals surface area contributed by atoms with E-state index < -0.39 is 5.91 Å². The summed E-state index contributed by atoms with van der Waals surface area (Å²) in [4.78, 5) is 10.8. The van der Waals surface area contributed by atoms with Gasteiger partial charge in [-0.05, 0) is 23.8 Å². The standard InChI is InChI=1S/C9H13N3O/c1-12-8-3-2-6(9(11)13)4-7(8)5-10/h2-4,12H,5,10H2,1H3,(H2,11,13). The van der Waals surface area contributed by atoms with Crippen molar-refractivity contribution in [2.45, 2.75) is 6.54 Å². The van der Waals surface area contributed by atoms with Gasteiger partial charge < -0.3 is 16.8 Å². The smallest absolute Gasteiger partial charge is 0.248 e. The SMILES string of the molecule is CNc1ccc(C(N)=O)cc1CN. The highest BCUT2D eigenvalue weighted by Crippen LogP contribution is 2.15. The van der Waals surface area contributed by atoms with Crippen LogP contribution in [0.5, 0.6) is 0 Å². The fraction of sp³-hybridized carbons (Fsp3) is 0.222. The Morgan fingerprint density at radius 1 is 1.54 bits per heavy atom. The second kappa shape index (κ2) is 3.91. The van der Waals surface area contributed by atoms with Gasteiger partial charge in [0.2, 0.25) is 5.91 Å². The van der Waals surface area contributed by atoms with Crippen molar-refractivity contribution in [3.63, 3.8) is 0 Å².